The minimum atomic E-state index is -1.08. The van der Waals surface area contributed by atoms with Gasteiger partial charge in [0.15, 0.2) is 11.5 Å². The molecule has 0 aromatic heterocycles. The number of aliphatic hydroxyl groups excluding tert-OH is 1. The standard InChI is InChI=1S/C11H12N2O4/c1-7(14)11(15)13-12-5-8-2-3-9-10(4-8)17-6-16-9/h2-5,7,14H,6H2,1H3,(H,13,15)/b12-5-/t7-/m1/s1. The van der Waals surface area contributed by atoms with Crippen LogP contribution in [0.3, 0.4) is 0 Å². The summed E-state index contributed by atoms with van der Waals surface area (Å²) in [6.45, 7) is 1.58. The third-order valence-electron chi connectivity index (χ3n) is 2.16. The Morgan fingerprint density at radius 1 is 1.53 bits per heavy atom. The molecule has 6 nitrogen and oxygen atoms in total. The molecule has 0 saturated carbocycles. The lowest BCUT2D eigenvalue weighted by molar-refractivity contribution is -0.128. The maximum atomic E-state index is 11.0. The van der Waals surface area contributed by atoms with E-state index in [0.717, 1.165) is 5.56 Å². The van der Waals surface area contributed by atoms with Crippen molar-refractivity contribution in [3.8, 4) is 11.5 Å². The van der Waals surface area contributed by atoms with E-state index in [0.29, 0.717) is 11.5 Å². The van der Waals surface area contributed by atoms with Crippen molar-refractivity contribution in [2.45, 2.75) is 13.0 Å². The minimum absolute atomic E-state index is 0.217. The summed E-state index contributed by atoms with van der Waals surface area (Å²) < 4.78 is 10.4. The molecule has 0 saturated heterocycles. The van der Waals surface area contributed by atoms with Crippen LogP contribution in [0.2, 0.25) is 0 Å². The smallest absolute Gasteiger partial charge is 0.268 e. The lowest BCUT2D eigenvalue weighted by atomic mass is 10.2. The number of ether oxygens (including phenoxy) is 2. The fourth-order valence-electron chi connectivity index (χ4n) is 1.26. The molecule has 0 unspecified atom stereocenters. The number of benzene rings is 1. The van der Waals surface area contributed by atoms with Crippen LogP contribution in [0.4, 0.5) is 0 Å². The number of carbonyl (C=O) groups is 1. The number of aliphatic hydroxyl groups is 1. The largest absolute Gasteiger partial charge is 0.454 e. The summed E-state index contributed by atoms with van der Waals surface area (Å²) in [6, 6.07) is 5.30. The van der Waals surface area contributed by atoms with Gasteiger partial charge in [-0.25, -0.2) is 5.43 Å². The van der Waals surface area contributed by atoms with Gasteiger partial charge in [-0.3, -0.25) is 4.79 Å². The Morgan fingerprint density at radius 2 is 2.29 bits per heavy atom. The number of nitrogens with zero attached hydrogens (tertiary/aromatic N) is 1. The highest BCUT2D eigenvalue weighted by Gasteiger charge is 2.12. The Balaban J connectivity index is 1.99. The fraction of sp³-hybridized carbons (Fsp3) is 0.273. The van der Waals surface area contributed by atoms with Gasteiger partial charge >= 0.3 is 0 Å². The lowest BCUT2D eigenvalue weighted by Crippen LogP contribution is -2.28. The van der Waals surface area contributed by atoms with Gasteiger partial charge in [-0.05, 0) is 30.7 Å². The zero-order valence-corrected chi connectivity index (χ0v) is 9.21. The molecule has 2 rings (SSSR count). The molecule has 1 aliphatic heterocycles. The van der Waals surface area contributed by atoms with E-state index in [2.05, 4.69) is 10.5 Å². The lowest BCUT2D eigenvalue weighted by Gasteiger charge is -2.01. The molecule has 90 valence electrons. The van der Waals surface area contributed by atoms with Crippen LogP contribution in [0.15, 0.2) is 23.3 Å². The molecule has 1 aromatic rings. The van der Waals surface area contributed by atoms with Crippen LogP contribution in [0.25, 0.3) is 0 Å². The molecule has 1 amide bonds. The van der Waals surface area contributed by atoms with Crippen molar-refractivity contribution in [1.82, 2.24) is 5.43 Å². The van der Waals surface area contributed by atoms with Crippen LogP contribution in [0, 0.1) is 0 Å². The molecule has 1 aromatic carbocycles. The second-order valence-corrected chi connectivity index (χ2v) is 3.52. The normalized spacial score (nSPS) is 14.9. The van der Waals surface area contributed by atoms with E-state index in [1.807, 2.05) is 0 Å². The van der Waals surface area contributed by atoms with Crippen LogP contribution in [0.5, 0.6) is 11.5 Å². The first-order valence-electron chi connectivity index (χ1n) is 5.07. The van der Waals surface area contributed by atoms with E-state index in [1.54, 1.807) is 18.2 Å². The van der Waals surface area contributed by atoms with E-state index in [9.17, 15) is 4.79 Å². The Kier molecular flexibility index (Phi) is 3.24. The topological polar surface area (TPSA) is 80.2 Å². The Labute approximate surface area is 97.8 Å². The Morgan fingerprint density at radius 3 is 3.06 bits per heavy atom. The quantitative estimate of drug-likeness (QED) is 0.582. The summed E-state index contributed by atoms with van der Waals surface area (Å²) in [5.74, 6) is 0.785. The van der Waals surface area contributed by atoms with Gasteiger partial charge in [-0.1, -0.05) is 0 Å². The highest BCUT2D eigenvalue weighted by molar-refractivity contribution is 5.84. The SMILES string of the molecule is C[C@@H](O)C(=O)N/N=C\c1ccc2c(c1)OCO2. The Bertz CT molecular complexity index is 457. The third kappa shape index (κ3) is 2.73. The molecule has 0 fully saturated rings. The number of hydrogen-bond acceptors (Lipinski definition) is 5. The van der Waals surface area contributed by atoms with Crippen molar-refractivity contribution < 1.29 is 19.4 Å². The molecule has 1 aliphatic rings. The van der Waals surface area contributed by atoms with Gasteiger partial charge in [0.2, 0.25) is 6.79 Å². The second-order valence-electron chi connectivity index (χ2n) is 3.52. The van der Waals surface area contributed by atoms with E-state index in [1.165, 1.54) is 13.1 Å². The molecule has 0 radical (unpaired) electrons. The summed E-state index contributed by atoms with van der Waals surface area (Å²) in [4.78, 5) is 11.0. The van der Waals surface area contributed by atoms with Crippen LogP contribution < -0.4 is 14.9 Å². The van der Waals surface area contributed by atoms with Crippen LogP contribution in [0.1, 0.15) is 12.5 Å². The first-order valence-corrected chi connectivity index (χ1v) is 5.07. The van der Waals surface area contributed by atoms with Crippen LogP contribution >= 0.6 is 0 Å². The molecule has 1 heterocycles. The van der Waals surface area contributed by atoms with Gasteiger partial charge in [-0.2, -0.15) is 5.10 Å². The van der Waals surface area contributed by atoms with Crippen molar-refractivity contribution in [3.63, 3.8) is 0 Å². The first-order chi connectivity index (χ1) is 8.16. The van der Waals surface area contributed by atoms with Gasteiger partial charge in [0.05, 0.1) is 6.21 Å². The maximum Gasteiger partial charge on any atom is 0.268 e. The van der Waals surface area contributed by atoms with Gasteiger partial charge < -0.3 is 14.6 Å². The second kappa shape index (κ2) is 4.84. The summed E-state index contributed by atoms with van der Waals surface area (Å²) >= 11 is 0. The predicted molar refractivity (Wildman–Crippen MR) is 60.0 cm³/mol. The van der Waals surface area contributed by atoms with Crippen LogP contribution in [-0.4, -0.2) is 30.1 Å². The molecule has 0 bridgehead atoms. The van der Waals surface area contributed by atoms with Crippen molar-refractivity contribution in [2.75, 3.05) is 6.79 Å². The molecule has 6 heteroatoms. The average molecular weight is 236 g/mol. The van der Waals surface area contributed by atoms with Crippen molar-refractivity contribution in [3.05, 3.63) is 23.8 Å². The first kappa shape index (κ1) is 11.4. The molecule has 2 N–H and O–H groups in total. The monoisotopic (exact) mass is 236 g/mol. The van der Waals surface area contributed by atoms with E-state index >= 15 is 0 Å². The fourth-order valence-corrected chi connectivity index (χ4v) is 1.26. The highest BCUT2D eigenvalue weighted by Crippen LogP contribution is 2.31. The maximum absolute atomic E-state index is 11.0. The number of hydrazone groups is 1. The van der Waals surface area contributed by atoms with Crippen molar-refractivity contribution >= 4 is 12.1 Å². The molecular formula is C11H12N2O4. The highest BCUT2D eigenvalue weighted by atomic mass is 16.7. The van der Waals surface area contributed by atoms with Crippen LogP contribution in [-0.2, 0) is 4.79 Å². The Hall–Kier alpha value is -2.08. The third-order valence-corrected chi connectivity index (χ3v) is 2.16. The number of fused-ring (bicyclic) bond motifs is 1. The number of rotatable bonds is 3. The summed E-state index contributed by atoms with van der Waals surface area (Å²) in [7, 11) is 0. The zero-order chi connectivity index (χ0) is 12.3. The van der Waals surface area contributed by atoms with Crippen molar-refractivity contribution in [2.24, 2.45) is 5.10 Å². The minimum Gasteiger partial charge on any atom is -0.454 e. The zero-order valence-electron chi connectivity index (χ0n) is 9.21. The molecule has 1 atom stereocenters. The number of carbonyl (C=O) groups excluding carboxylic acids is 1. The summed E-state index contributed by atoms with van der Waals surface area (Å²) in [5, 5.41) is 12.6. The number of nitrogens with one attached hydrogen (secondary N) is 1. The molecule has 0 aliphatic carbocycles. The average Bonchev–Trinajstić information content (AvgIpc) is 2.75. The van der Waals surface area contributed by atoms with Gasteiger partial charge in [-0.15, -0.1) is 0 Å². The van der Waals surface area contributed by atoms with Crippen molar-refractivity contribution in [1.29, 1.82) is 0 Å². The van der Waals surface area contributed by atoms with E-state index < -0.39 is 12.0 Å². The number of hydrogen-bond donors (Lipinski definition) is 2. The summed E-state index contributed by atoms with van der Waals surface area (Å²) in [6.07, 6.45) is 0.381. The molecular weight excluding hydrogens is 224 g/mol. The predicted octanol–water partition coefficient (Wildman–Crippen LogP) is 0.246. The summed E-state index contributed by atoms with van der Waals surface area (Å²) in [5.41, 5.74) is 2.97. The number of amides is 1. The molecule has 0 spiro atoms. The van der Waals surface area contributed by atoms with E-state index in [4.69, 9.17) is 14.6 Å². The van der Waals surface area contributed by atoms with E-state index in [-0.39, 0.29) is 6.79 Å². The van der Waals surface area contributed by atoms with Gasteiger partial charge in [0, 0.05) is 0 Å². The van der Waals surface area contributed by atoms with Gasteiger partial charge in [0.1, 0.15) is 6.10 Å². The molecule has 17 heavy (non-hydrogen) atoms. The van der Waals surface area contributed by atoms with Gasteiger partial charge in [0.25, 0.3) is 5.91 Å².